The van der Waals surface area contributed by atoms with Gasteiger partial charge in [0.2, 0.25) is 0 Å². The summed E-state index contributed by atoms with van der Waals surface area (Å²) >= 11 is 0. The van der Waals surface area contributed by atoms with Gasteiger partial charge in [-0.1, -0.05) is 30.3 Å². The molecule has 19 heavy (non-hydrogen) atoms. The number of rotatable bonds is 5. The molecule has 0 spiro atoms. The van der Waals surface area contributed by atoms with E-state index in [9.17, 15) is 9.59 Å². The van der Waals surface area contributed by atoms with E-state index in [-0.39, 0.29) is 6.03 Å². The zero-order valence-electron chi connectivity index (χ0n) is 11.5. The molecular weight excluding hydrogens is 244 g/mol. The lowest BCUT2D eigenvalue weighted by Gasteiger charge is -2.25. The molecule has 104 valence electrons. The topological polar surface area (TPSA) is 69.6 Å². The van der Waals surface area contributed by atoms with Gasteiger partial charge >= 0.3 is 12.0 Å². The van der Waals surface area contributed by atoms with Crippen molar-refractivity contribution in [2.24, 2.45) is 0 Å². The van der Waals surface area contributed by atoms with Crippen molar-refractivity contribution in [1.29, 1.82) is 0 Å². The Labute approximate surface area is 113 Å². The standard InChI is InChI=1S/C14H20N2O3/c1-14(2,12(17)18)15-13(19)16(3)10-9-11-7-5-4-6-8-11/h4-8H,9-10H2,1-3H3,(H,15,19)(H,17,18). The van der Waals surface area contributed by atoms with Gasteiger partial charge in [-0.05, 0) is 25.8 Å². The van der Waals surface area contributed by atoms with Gasteiger partial charge in [-0.2, -0.15) is 0 Å². The van der Waals surface area contributed by atoms with Crippen LogP contribution in [0.5, 0.6) is 0 Å². The number of hydrogen-bond donors (Lipinski definition) is 2. The van der Waals surface area contributed by atoms with E-state index in [0.29, 0.717) is 6.54 Å². The molecule has 5 heteroatoms. The average Bonchev–Trinajstić information content (AvgIpc) is 2.36. The maximum atomic E-state index is 11.8. The quantitative estimate of drug-likeness (QED) is 0.851. The van der Waals surface area contributed by atoms with Gasteiger partial charge in [-0.15, -0.1) is 0 Å². The number of aliphatic carboxylic acids is 1. The molecule has 0 bridgehead atoms. The fraction of sp³-hybridized carbons (Fsp3) is 0.429. The van der Waals surface area contributed by atoms with Crippen molar-refractivity contribution in [1.82, 2.24) is 10.2 Å². The van der Waals surface area contributed by atoms with Crippen molar-refractivity contribution in [2.45, 2.75) is 25.8 Å². The van der Waals surface area contributed by atoms with E-state index in [1.807, 2.05) is 30.3 Å². The highest BCUT2D eigenvalue weighted by molar-refractivity contribution is 5.85. The molecule has 2 amide bonds. The molecule has 2 N–H and O–H groups in total. The molecule has 0 heterocycles. The van der Waals surface area contributed by atoms with Gasteiger partial charge in [0, 0.05) is 13.6 Å². The SMILES string of the molecule is CN(CCc1ccccc1)C(=O)NC(C)(C)C(=O)O. The Bertz CT molecular complexity index is 443. The van der Waals surface area contributed by atoms with Crippen LogP contribution in [0.4, 0.5) is 4.79 Å². The molecule has 0 aromatic heterocycles. The van der Waals surface area contributed by atoms with Crippen LogP contribution in [0.25, 0.3) is 0 Å². The summed E-state index contributed by atoms with van der Waals surface area (Å²) in [5.74, 6) is -1.06. The third-order valence-corrected chi connectivity index (χ3v) is 2.88. The van der Waals surface area contributed by atoms with E-state index in [0.717, 1.165) is 12.0 Å². The van der Waals surface area contributed by atoms with Gasteiger partial charge < -0.3 is 15.3 Å². The van der Waals surface area contributed by atoms with Crippen molar-refractivity contribution in [3.8, 4) is 0 Å². The lowest BCUT2D eigenvalue weighted by atomic mass is 10.1. The Hall–Kier alpha value is -2.04. The van der Waals surface area contributed by atoms with Crippen LogP contribution in [-0.2, 0) is 11.2 Å². The molecule has 0 radical (unpaired) electrons. The van der Waals surface area contributed by atoms with Crippen LogP contribution >= 0.6 is 0 Å². The molecule has 0 aliphatic rings. The third kappa shape index (κ3) is 4.62. The number of hydrogen-bond acceptors (Lipinski definition) is 2. The van der Waals surface area contributed by atoms with Gasteiger partial charge in [0.15, 0.2) is 0 Å². The second-order valence-electron chi connectivity index (χ2n) is 5.02. The highest BCUT2D eigenvalue weighted by Crippen LogP contribution is 2.04. The summed E-state index contributed by atoms with van der Waals surface area (Å²) in [5.41, 5.74) is -0.127. The summed E-state index contributed by atoms with van der Waals surface area (Å²) < 4.78 is 0. The van der Waals surface area contributed by atoms with E-state index in [4.69, 9.17) is 5.11 Å². The molecule has 1 aromatic carbocycles. The van der Waals surface area contributed by atoms with Gasteiger partial charge in [-0.3, -0.25) is 0 Å². The second-order valence-corrected chi connectivity index (χ2v) is 5.02. The molecule has 1 aromatic rings. The Morgan fingerprint density at radius 1 is 1.26 bits per heavy atom. The first-order valence-corrected chi connectivity index (χ1v) is 6.13. The number of carboxylic acid groups (broad SMARTS) is 1. The normalized spacial score (nSPS) is 10.9. The number of carboxylic acids is 1. The lowest BCUT2D eigenvalue weighted by molar-refractivity contribution is -0.143. The van der Waals surface area contributed by atoms with Gasteiger partial charge in [0.25, 0.3) is 0 Å². The maximum absolute atomic E-state index is 11.8. The Morgan fingerprint density at radius 2 is 1.84 bits per heavy atom. The van der Waals surface area contributed by atoms with Crippen LogP contribution in [0.15, 0.2) is 30.3 Å². The summed E-state index contributed by atoms with van der Waals surface area (Å²) in [6.07, 6.45) is 0.734. The molecule has 0 atom stereocenters. The molecule has 0 unspecified atom stereocenters. The number of amides is 2. The number of nitrogens with zero attached hydrogens (tertiary/aromatic N) is 1. The number of likely N-dealkylation sites (N-methyl/N-ethyl adjacent to an activating group) is 1. The zero-order chi connectivity index (χ0) is 14.5. The van der Waals surface area contributed by atoms with Crippen LogP contribution in [0.3, 0.4) is 0 Å². The van der Waals surface area contributed by atoms with Gasteiger partial charge in [0.05, 0.1) is 0 Å². The monoisotopic (exact) mass is 264 g/mol. The van der Waals surface area contributed by atoms with Crippen LogP contribution in [0.1, 0.15) is 19.4 Å². The minimum absolute atomic E-state index is 0.386. The van der Waals surface area contributed by atoms with E-state index in [1.54, 1.807) is 7.05 Å². The Morgan fingerprint density at radius 3 is 2.37 bits per heavy atom. The highest BCUT2D eigenvalue weighted by Gasteiger charge is 2.29. The van der Waals surface area contributed by atoms with Crippen molar-refractivity contribution in [2.75, 3.05) is 13.6 Å². The summed E-state index contributed by atoms with van der Waals surface area (Å²) in [5, 5.41) is 11.4. The molecule has 1 rings (SSSR count). The average molecular weight is 264 g/mol. The summed E-state index contributed by atoms with van der Waals surface area (Å²) in [7, 11) is 1.65. The zero-order valence-corrected chi connectivity index (χ0v) is 11.5. The van der Waals surface area contributed by atoms with Gasteiger partial charge in [-0.25, -0.2) is 9.59 Å². The van der Waals surface area contributed by atoms with E-state index < -0.39 is 11.5 Å². The fourth-order valence-corrected chi connectivity index (χ4v) is 1.46. The molecule has 0 aliphatic heterocycles. The second kappa shape index (κ2) is 6.22. The first kappa shape index (κ1) is 15.0. The lowest BCUT2D eigenvalue weighted by Crippen LogP contribution is -2.53. The first-order valence-electron chi connectivity index (χ1n) is 6.13. The largest absolute Gasteiger partial charge is 0.480 e. The predicted octanol–water partition coefficient (Wildman–Crippen LogP) is 1.73. The van der Waals surface area contributed by atoms with Crippen LogP contribution < -0.4 is 5.32 Å². The molecule has 0 saturated heterocycles. The van der Waals surface area contributed by atoms with Crippen molar-refractivity contribution in [3.63, 3.8) is 0 Å². The fourth-order valence-electron chi connectivity index (χ4n) is 1.46. The number of carbonyl (C=O) groups is 2. The van der Waals surface area contributed by atoms with Crippen LogP contribution in [-0.4, -0.2) is 41.1 Å². The predicted molar refractivity (Wildman–Crippen MR) is 73.0 cm³/mol. The molecule has 0 fully saturated rings. The molecular formula is C14H20N2O3. The maximum Gasteiger partial charge on any atom is 0.328 e. The van der Waals surface area contributed by atoms with Crippen molar-refractivity contribution >= 4 is 12.0 Å². The summed E-state index contributed by atoms with van der Waals surface area (Å²) in [6, 6.07) is 9.43. The Kier molecular flexibility index (Phi) is 4.92. The van der Waals surface area contributed by atoms with Gasteiger partial charge in [0.1, 0.15) is 5.54 Å². The summed E-state index contributed by atoms with van der Waals surface area (Å²) in [4.78, 5) is 24.2. The van der Waals surface area contributed by atoms with Crippen molar-refractivity contribution < 1.29 is 14.7 Å². The number of urea groups is 1. The number of nitrogens with one attached hydrogen (secondary N) is 1. The van der Waals surface area contributed by atoms with Crippen LogP contribution in [0.2, 0.25) is 0 Å². The smallest absolute Gasteiger partial charge is 0.328 e. The Balaban J connectivity index is 2.48. The van der Waals surface area contributed by atoms with E-state index in [2.05, 4.69) is 5.32 Å². The first-order chi connectivity index (χ1) is 8.83. The summed E-state index contributed by atoms with van der Waals surface area (Å²) in [6.45, 7) is 3.45. The third-order valence-electron chi connectivity index (χ3n) is 2.88. The van der Waals surface area contributed by atoms with E-state index in [1.165, 1.54) is 18.7 Å². The highest BCUT2D eigenvalue weighted by atomic mass is 16.4. The minimum atomic E-state index is -1.27. The molecule has 5 nitrogen and oxygen atoms in total. The molecule has 0 aliphatic carbocycles. The van der Waals surface area contributed by atoms with E-state index >= 15 is 0 Å². The van der Waals surface area contributed by atoms with Crippen LogP contribution in [0, 0.1) is 0 Å². The number of benzene rings is 1. The molecule has 0 saturated carbocycles. The minimum Gasteiger partial charge on any atom is -0.480 e. The van der Waals surface area contributed by atoms with Crippen molar-refractivity contribution in [3.05, 3.63) is 35.9 Å². The number of carbonyl (C=O) groups excluding carboxylic acids is 1.